The van der Waals surface area contributed by atoms with Crippen LogP contribution in [-0.4, -0.2) is 35.0 Å². The average Bonchev–Trinajstić information content (AvgIpc) is 2.64. The Bertz CT molecular complexity index is 274. The molecule has 1 rings (SSSR count). The van der Waals surface area contributed by atoms with Gasteiger partial charge in [-0.05, 0) is 26.3 Å². The second-order valence-electron chi connectivity index (χ2n) is 3.68. The average molecular weight is 212 g/mol. The third kappa shape index (κ3) is 3.97. The van der Waals surface area contributed by atoms with Crippen LogP contribution in [0, 0.1) is 0 Å². The van der Waals surface area contributed by atoms with E-state index in [4.69, 9.17) is 4.74 Å². The van der Waals surface area contributed by atoms with Gasteiger partial charge in [-0.3, -0.25) is 0 Å². The maximum Gasteiger partial charge on any atom is 0.149 e. The summed E-state index contributed by atoms with van der Waals surface area (Å²) in [6.45, 7) is 3.91. The van der Waals surface area contributed by atoms with Crippen LogP contribution in [0.2, 0.25) is 0 Å². The molecule has 1 atom stereocenters. The van der Waals surface area contributed by atoms with Crippen molar-refractivity contribution in [3.05, 3.63) is 12.2 Å². The Balaban J connectivity index is 2.19. The van der Waals surface area contributed by atoms with Crippen LogP contribution in [0.1, 0.15) is 31.6 Å². The molecule has 0 aliphatic heterocycles. The van der Waals surface area contributed by atoms with Crippen LogP contribution >= 0.6 is 0 Å². The van der Waals surface area contributed by atoms with Crippen molar-refractivity contribution >= 4 is 0 Å². The van der Waals surface area contributed by atoms with Crippen molar-refractivity contribution in [2.24, 2.45) is 7.05 Å². The zero-order valence-corrected chi connectivity index (χ0v) is 9.73. The second-order valence-corrected chi connectivity index (χ2v) is 3.68. The largest absolute Gasteiger partial charge is 0.385 e. The van der Waals surface area contributed by atoms with Gasteiger partial charge in [0.15, 0.2) is 0 Å². The van der Waals surface area contributed by atoms with Crippen molar-refractivity contribution in [3.8, 4) is 0 Å². The van der Waals surface area contributed by atoms with Crippen LogP contribution < -0.4 is 5.32 Å². The molecule has 0 spiro atoms. The van der Waals surface area contributed by atoms with Gasteiger partial charge < -0.3 is 14.6 Å². The standard InChI is InChI=1S/C10H20N4O/c1-9(10-13-12-8-14(10)2)11-6-4-5-7-15-3/h8-9,11H,4-7H2,1-3H3. The first-order valence-corrected chi connectivity index (χ1v) is 5.32. The fraction of sp³-hybridized carbons (Fsp3) is 0.800. The van der Waals surface area contributed by atoms with Gasteiger partial charge in [0, 0.05) is 20.8 Å². The molecular weight excluding hydrogens is 192 g/mol. The fourth-order valence-corrected chi connectivity index (χ4v) is 1.47. The van der Waals surface area contributed by atoms with Crippen LogP contribution in [0.15, 0.2) is 6.33 Å². The Morgan fingerprint density at radius 3 is 2.93 bits per heavy atom. The maximum atomic E-state index is 4.99. The van der Waals surface area contributed by atoms with E-state index >= 15 is 0 Å². The number of aryl methyl sites for hydroxylation is 1. The molecule has 0 aromatic carbocycles. The molecule has 0 radical (unpaired) electrons. The summed E-state index contributed by atoms with van der Waals surface area (Å²) in [7, 11) is 3.69. The predicted octanol–water partition coefficient (Wildman–Crippen LogP) is 0.892. The van der Waals surface area contributed by atoms with Gasteiger partial charge in [-0.15, -0.1) is 10.2 Å². The zero-order valence-electron chi connectivity index (χ0n) is 9.73. The van der Waals surface area contributed by atoms with Crippen molar-refractivity contribution in [1.82, 2.24) is 20.1 Å². The van der Waals surface area contributed by atoms with Crippen molar-refractivity contribution < 1.29 is 4.74 Å². The molecule has 15 heavy (non-hydrogen) atoms. The van der Waals surface area contributed by atoms with Crippen LogP contribution in [-0.2, 0) is 11.8 Å². The van der Waals surface area contributed by atoms with Gasteiger partial charge >= 0.3 is 0 Å². The highest BCUT2D eigenvalue weighted by atomic mass is 16.5. The Hall–Kier alpha value is -0.940. The highest BCUT2D eigenvalue weighted by Gasteiger charge is 2.09. The van der Waals surface area contributed by atoms with E-state index in [1.54, 1.807) is 13.4 Å². The summed E-state index contributed by atoms with van der Waals surface area (Å²) in [4.78, 5) is 0. The Kier molecular flexibility index (Phi) is 5.28. The molecular formula is C10H20N4O. The summed E-state index contributed by atoms with van der Waals surface area (Å²) in [5.74, 6) is 0.974. The van der Waals surface area contributed by atoms with Crippen molar-refractivity contribution in [3.63, 3.8) is 0 Å². The Morgan fingerprint density at radius 2 is 2.33 bits per heavy atom. The number of hydrogen-bond acceptors (Lipinski definition) is 4. The van der Waals surface area contributed by atoms with Gasteiger partial charge in [-0.1, -0.05) is 0 Å². The molecule has 0 aliphatic rings. The molecule has 0 saturated heterocycles. The monoisotopic (exact) mass is 212 g/mol. The van der Waals surface area contributed by atoms with Crippen molar-refractivity contribution in [2.75, 3.05) is 20.3 Å². The number of rotatable bonds is 7. The molecule has 0 bridgehead atoms. The Morgan fingerprint density at radius 1 is 1.53 bits per heavy atom. The summed E-state index contributed by atoms with van der Waals surface area (Å²) in [6.07, 6.45) is 3.93. The molecule has 0 amide bonds. The van der Waals surface area contributed by atoms with E-state index in [2.05, 4.69) is 22.4 Å². The van der Waals surface area contributed by atoms with E-state index in [-0.39, 0.29) is 6.04 Å². The number of hydrogen-bond donors (Lipinski definition) is 1. The van der Waals surface area contributed by atoms with Crippen LogP contribution in [0.25, 0.3) is 0 Å². The molecule has 0 fully saturated rings. The quantitative estimate of drug-likeness (QED) is 0.682. The molecule has 5 nitrogen and oxygen atoms in total. The van der Waals surface area contributed by atoms with Crippen molar-refractivity contribution in [1.29, 1.82) is 0 Å². The number of unbranched alkanes of at least 4 members (excludes halogenated alkanes) is 1. The van der Waals surface area contributed by atoms with E-state index < -0.39 is 0 Å². The summed E-state index contributed by atoms with van der Waals surface area (Å²) in [6, 6.07) is 0.250. The lowest BCUT2D eigenvalue weighted by molar-refractivity contribution is 0.192. The van der Waals surface area contributed by atoms with Crippen molar-refractivity contribution in [2.45, 2.75) is 25.8 Å². The SMILES string of the molecule is COCCCCNC(C)c1nncn1C. The third-order valence-corrected chi connectivity index (χ3v) is 2.36. The van der Waals surface area contributed by atoms with Gasteiger partial charge in [-0.25, -0.2) is 0 Å². The van der Waals surface area contributed by atoms with Gasteiger partial charge in [0.1, 0.15) is 12.2 Å². The van der Waals surface area contributed by atoms with E-state index in [1.807, 2.05) is 11.6 Å². The van der Waals surface area contributed by atoms with Gasteiger partial charge in [-0.2, -0.15) is 0 Å². The van der Waals surface area contributed by atoms with E-state index in [9.17, 15) is 0 Å². The minimum atomic E-state index is 0.250. The van der Waals surface area contributed by atoms with Gasteiger partial charge in [0.25, 0.3) is 0 Å². The number of nitrogens with zero attached hydrogens (tertiary/aromatic N) is 3. The van der Waals surface area contributed by atoms with E-state index in [0.717, 1.165) is 31.8 Å². The molecule has 1 unspecified atom stereocenters. The molecule has 5 heteroatoms. The molecule has 1 N–H and O–H groups in total. The van der Waals surface area contributed by atoms with Crippen LogP contribution in [0.3, 0.4) is 0 Å². The van der Waals surface area contributed by atoms with Gasteiger partial charge in [0.2, 0.25) is 0 Å². The fourth-order valence-electron chi connectivity index (χ4n) is 1.47. The first-order valence-electron chi connectivity index (χ1n) is 5.32. The van der Waals surface area contributed by atoms with E-state index in [1.165, 1.54) is 0 Å². The topological polar surface area (TPSA) is 52.0 Å². The lowest BCUT2D eigenvalue weighted by Crippen LogP contribution is -2.22. The van der Waals surface area contributed by atoms with Gasteiger partial charge in [0.05, 0.1) is 6.04 Å². The normalized spacial score (nSPS) is 13.0. The minimum absolute atomic E-state index is 0.250. The third-order valence-electron chi connectivity index (χ3n) is 2.36. The summed E-state index contributed by atoms with van der Waals surface area (Å²) in [5, 5.41) is 11.3. The molecule has 1 aromatic rings. The number of ether oxygens (including phenoxy) is 1. The molecule has 1 heterocycles. The lowest BCUT2D eigenvalue weighted by atomic mass is 10.2. The molecule has 0 aliphatic carbocycles. The highest BCUT2D eigenvalue weighted by Crippen LogP contribution is 2.06. The lowest BCUT2D eigenvalue weighted by Gasteiger charge is -2.12. The van der Waals surface area contributed by atoms with E-state index in [0.29, 0.717) is 0 Å². The first-order chi connectivity index (χ1) is 7.25. The molecule has 0 saturated carbocycles. The number of nitrogens with one attached hydrogen (secondary N) is 1. The van der Waals surface area contributed by atoms with Crippen LogP contribution in [0.5, 0.6) is 0 Å². The molecule has 86 valence electrons. The number of aromatic nitrogens is 3. The smallest absolute Gasteiger partial charge is 0.149 e. The second kappa shape index (κ2) is 6.53. The van der Waals surface area contributed by atoms with Crippen LogP contribution in [0.4, 0.5) is 0 Å². The summed E-state index contributed by atoms with van der Waals surface area (Å²) < 4.78 is 6.92. The first kappa shape index (κ1) is 12.1. The number of methoxy groups -OCH3 is 1. The molecule has 1 aromatic heterocycles. The maximum absolute atomic E-state index is 4.99. The minimum Gasteiger partial charge on any atom is -0.385 e. The summed E-state index contributed by atoms with van der Waals surface area (Å²) in [5.41, 5.74) is 0. The highest BCUT2D eigenvalue weighted by molar-refractivity contribution is 4.91. The Labute approximate surface area is 90.8 Å². The summed E-state index contributed by atoms with van der Waals surface area (Å²) >= 11 is 0. The predicted molar refractivity (Wildman–Crippen MR) is 58.5 cm³/mol. The zero-order chi connectivity index (χ0) is 11.1.